The molecule has 0 aromatic heterocycles. The molecule has 0 amide bonds. The second kappa shape index (κ2) is 6.62. The van der Waals surface area contributed by atoms with Crippen molar-refractivity contribution in [2.75, 3.05) is 6.54 Å². The second-order valence-corrected chi connectivity index (χ2v) is 5.47. The van der Waals surface area contributed by atoms with Crippen molar-refractivity contribution < 1.29 is 0 Å². The van der Waals surface area contributed by atoms with E-state index >= 15 is 0 Å². The molecular formula is C15H14Cl3N. The van der Waals surface area contributed by atoms with Crippen LogP contribution in [0.2, 0.25) is 15.1 Å². The fourth-order valence-corrected chi connectivity index (χ4v) is 2.91. The summed E-state index contributed by atoms with van der Waals surface area (Å²) in [5.74, 6) is 0. The van der Waals surface area contributed by atoms with Gasteiger partial charge in [0.15, 0.2) is 0 Å². The van der Waals surface area contributed by atoms with E-state index in [4.69, 9.17) is 34.8 Å². The van der Waals surface area contributed by atoms with E-state index in [1.165, 1.54) is 5.56 Å². The molecule has 100 valence electrons. The number of hydrogen-bond donors (Lipinski definition) is 1. The Balaban J connectivity index is 2.32. The summed E-state index contributed by atoms with van der Waals surface area (Å²) >= 11 is 18.3. The fourth-order valence-electron chi connectivity index (χ4n) is 1.88. The molecule has 2 aromatic carbocycles. The largest absolute Gasteiger partial charge is 0.313 e. The van der Waals surface area contributed by atoms with Crippen molar-refractivity contribution in [3.05, 3.63) is 57.0 Å². The van der Waals surface area contributed by atoms with Gasteiger partial charge >= 0.3 is 0 Å². The highest BCUT2D eigenvalue weighted by atomic mass is 35.5. The molecule has 0 heterocycles. The Morgan fingerprint density at radius 2 is 1.53 bits per heavy atom. The van der Waals surface area contributed by atoms with Gasteiger partial charge in [-0.25, -0.2) is 0 Å². The Morgan fingerprint density at radius 3 is 2.05 bits per heavy atom. The van der Waals surface area contributed by atoms with Gasteiger partial charge in [0.25, 0.3) is 0 Å². The van der Waals surface area contributed by atoms with E-state index in [1.807, 2.05) is 12.1 Å². The molecule has 0 aliphatic rings. The van der Waals surface area contributed by atoms with Gasteiger partial charge in [0.1, 0.15) is 0 Å². The summed E-state index contributed by atoms with van der Waals surface area (Å²) in [7, 11) is 0. The summed E-state index contributed by atoms with van der Waals surface area (Å²) in [5.41, 5.74) is 3.04. The highest BCUT2D eigenvalue weighted by Gasteiger charge is 2.10. The van der Waals surface area contributed by atoms with Crippen molar-refractivity contribution in [2.45, 2.75) is 13.5 Å². The van der Waals surface area contributed by atoms with E-state index in [2.05, 4.69) is 24.4 Å². The zero-order valence-corrected chi connectivity index (χ0v) is 12.8. The van der Waals surface area contributed by atoms with Crippen LogP contribution in [-0.2, 0) is 6.54 Å². The maximum atomic E-state index is 6.21. The lowest BCUT2D eigenvalue weighted by molar-refractivity contribution is 0.727. The monoisotopic (exact) mass is 313 g/mol. The van der Waals surface area contributed by atoms with Gasteiger partial charge in [-0.2, -0.15) is 0 Å². The number of halogens is 3. The standard InChI is InChI=1S/C15H14Cl3N/c1-2-19-9-10-3-5-11(6-4-10)15-13(17)7-12(16)8-14(15)18/h3-8,19H,2,9H2,1H3. The first-order valence-electron chi connectivity index (χ1n) is 6.06. The maximum absolute atomic E-state index is 6.21. The lowest BCUT2D eigenvalue weighted by atomic mass is 10.0. The number of rotatable bonds is 4. The van der Waals surface area contributed by atoms with Crippen LogP contribution < -0.4 is 5.32 Å². The zero-order valence-electron chi connectivity index (χ0n) is 10.5. The van der Waals surface area contributed by atoms with Crippen LogP contribution >= 0.6 is 34.8 Å². The average Bonchev–Trinajstić information content (AvgIpc) is 2.36. The summed E-state index contributed by atoms with van der Waals surface area (Å²) in [6, 6.07) is 11.6. The summed E-state index contributed by atoms with van der Waals surface area (Å²) in [4.78, 5) is 0. The van der Waals surface area contributed by atoms with Crippen LogP contribution in [0.4, 0.5) is 0 Å². The highest BCUT2D eigenvalue weighted by molar-refractivity contribution is 6.41. The molecular weight excluding hydrogens is 301 g/mol. The first kappa shape index (κ1) is 14.7. The predicted octanol–water partition coefficient (Wildman–Crippen LogP) is 5.42. The van der Waals surface area contributed by atoms with E-state index < -0.39 is 0 Å². The molecule has 1 nitrogen and oxygen atoms in total. The van der Waals surface area contributed by atoms with Crippen molar-refractivity contribution >= 4 is 34.8 Å². The Hall–Kier alpha value is -0.730. The summed E-state index contributed by atoms with van der Waals surface area (Å²) < 4.78 is 0. The van der Waals surface area contributed by atoms with E-state index in [1.54, 1.807) is 12.1 Å². The maximum Gasteiger partial charge on any atom is 0.0514 e. The van der Waals surface area contributed by atoms with Crippen molar-refractivity contribution in [2.24, 2.45) is 0 Å². The third kappa shape index (κ3) is 3.64. The van der Waals surface area contributed by atoms with Crippen molar-refractivity contribution in [1.29, 1.82) is 0 Å². The average molecular weight is 315 g/mol. The molecule has 0 aliphatic heterocycles. The minimum atomic E-state index is 0.544. The number of hydrogen-bond acceptors (Lipinski definition) is 1. The lowest BCUT2D eigenvalue weighted by Gasteiger charge is -2.09. The Bertz CT molecular complexity index is 541. The highest BCUT2D eigenvalue weighted by Crippen LogP contribution is 2.37. The molecule has 0 bridgehead atoms. The van der Waals surface area contributed by atoms with Crippen molar-refractivity contribution in [1.82, 2.24) is 5.32 Å². The SMILES string of the molecule is CCNCc1ccc(-c2c(Cl)cc(Cl)cc2Cl)cc1. The van der Waals surface area contributed by atoms with E-state index in [0.717, 1.165) is 24.2 Å². The van der Waals surface area contributed by atoms with Gasteiger partial charge in [0, 0.05) is 17.1 Å². The summed E-state index contributed by atoms with van der Waals surface area (Å²) in [6.07, 6.45) is 0. The van der Waals surface area contributed by atoms with Crippen LogP contribution in [0, 0.1) is 0 Å². The molecule has 0 fully saturated rings. The van der Waals surface area contributed by atoms with Gasteiger partial charge in [-0.3, -0.25) is 0 Å². The Morgan fingerprint density at radius 1 is 0.947 bits per heavy atom. The van der Waals surface area contributed by atoms with Gasteiger partial charge in [0.05, 0.1) is 10.0 Å². The van der Waals surface area contributed by atoms with E-state index in [9.17, 15) is 0 Å². The predicted molar refractivity (Wildman–Crippen MR) is 84.3 cm³/mol. The van der Waals surface area contributed by atoms with Crippen LogP contribution in [0.5, 0.6) is 0 Å². The lowest BCUT2D eigenvalue weighted by Crippen LogP contribution is -2.11. The number of benzene rings is 2. The van der Waals surface area contributed by atoms with Gasteiger partial charge in [0.2, 0.25) is 0 Å². The van der Waals surface area contributed by atoms with Crippen LogP contribution in [0.3, 0.4) is 0 Å². The van der Waals surface area contributed by atoms with Crippen LogP contribution in [-0.4, -0.2) is 6.54 Å². The topological polar surface area (TPSA) is 12.0 Å². The first-order valence-corrected chi connectivity index (χ1v) is 7.19. The Kier molecular flexibility index (Phi) is 5.12. The van der Waals surface area contributed by atoms with Crippen molar-refractivity contribution in [3.8, 4) is 11.1 Å². The normalized spacial score (nSPS) is 10.7. The minimum absolute atomic E-state index is 0.544. The third-order valence-electron chi connectivity index (χ3n) is 2.83. The first-order chi connectivity index (χ1) is 9.11. The number of nitrogens with one attached hydrogen (secondary N) is 1. The summed E-state index contributed by atoms with van der Waals surface area (Å²) in [5, 5.41) is 4.96. The van der Waals surface area contributed by atoms with E-state index in [0.29, 0.717) is 15.1 Å². The molecule has 2 aromatic rings. The van der Waals surface area contributed by atoms with Gasteiger partial charge in [-0.05, 0) is 29.8 Å². The fraction of sp³-hybridized carbons (Fsp3) is 0.200. The van der Waals surface area contributed by atoms with Crippen LogP contribution in [0.15, 0.2) is 36.4 Å². The van der Waals surface area contributed by atoms with E-state index in [-0.39, 0.29) is 0 Å². The van der Waals surface area contributed by atoms with Gasteiger partial charge in [-0.1, -0.05) is 66.0 Å². The molecule has 0 atom stereocenters. The minimum Gasteiger partial charge on any atom is -0.313 e. The Labute approximate surface area is 128 Å². The summed E-state index contributed by atoms with van der Waals surface area (Å²) in [6.45, 7) is 3.90. The molecule has 0 saturated carbocycles. The smallest absolute Gasteiger partial charge is 0.0514 e. The molecule has 0 saturated heterocycles. The molecule has 19 heavy (non-hydrogen) atoms. The molecule has 0 spiro atoms. The third-order valence-corrected chi connectivity index (χ3v) is 3.64. The zero-order chi connectivity index (χ0) is 13.8. The quantitative estimate of drug-likeness (QED) is 0.794. The molecule has 2 rings (SSSR count). The van der Waals surface area contributed by atoms with Crippen LogP contribution in [0.25, 0.3) is 11.1 Å². The molecule has 1 N–H and O–H groups in total. The molecule has 0 unspecified atom stereocenters. The van der Waals surface area contributed by atoms with Gasteiger partial charge < -0.3 is 5.32 Å². The van der Waals surface area contributed by atoms with Gasteiger partial charge in [-0.15, -0.1) is 0 Å². The molecule has 4 heteroatoms. The molecule has 0 aliphatic carbocycles. The second-order valence-electron chi connectivity index (χ2n) is 4.22. The van der Waals surface area contributed by atoms with Crippen LogP contribution in [0.1, 0.15) is 12.5 Å². The molecule has 0 radical (unpaired) electrons. The van der Waals surface area contributed by atoms with Crippen molar-refractivity contribution in [3.63, 3.8) is 0 Å².